The third kappa shape index (κ3) is 9.60. The Labute approximate surface area is 462 Å². The van der Waals surface area contributed by atoms with Gasteiger partial charge in [0, 0.05) is 24.9 Å². The van der Waals surface area contributed by atoms with Crippen molar-refractivity contribution in [3.8, 4) is 32.0 Å². The summed E-state index contributed by atoms with van der Waals surface area (Å²) < 4.78 is 0. The molecule has 3 aliphatic carbocycles. The molecule has 0 amide bonds. The molecule has 14 heteroatoms. The van der Waals surface area contributed by atoms with Crippen molar-refractivity contribution >= 4 is 151 Å². The number of rotatable bonds is 18. The summed E-state index contributed by atoms with van der Waals surface area (Å²) in [6.07, 6.45) is 19.4. The summed E-state index contributed by atoms with van der Waals surface area (Å²) >= 11 is 54.0. The van der Waals surface area contributed by atoms with E-state index in [-0.39, 0.29) is 79.0 Å². The van der Waals surface area contributed by atoms with Crippen LogP contribution < -0.4 is 0 Å². The average Bonchev–Trinajstić information content (AvgIpc) is 4.19. The van der Waals surface area contributed by atoms with E-state index in [0.29, 0.717) is 0 Å². The van der Waals surface area contributed by atoms with Crippen molar-refractivity contribution < 1.29 is 19.2 Å². The van der Waals surface area contributed by atoms with Gasteiger partial charge in [-0.15, -0.1) is 22.7 Å². The molecule has 0 radical (unpaired) electrons. The van der Waals surface area contributed by atoms with E-state index in [9.17, 15) is 19.2 Å². The van der Waals surface area contributed by atoms with E-state index in [1.54, 1.807) is 12.2 Å². The second-order valence-corrected chi connectivity index (χ2v) is 23.7. The summed E-state index contributed by atoms with van der Waals surface area (Å²) in [5.74, 6) is -2.16. The Morgan fingerprint density at radius 3 is 1.07 bits per heavy atom. The molecule has 0 N–H and O–H groups in total. The van der Waals surface area contributed by atoms with Gasteiger partial charge in [0.15, 0.2) is 23.1 Å². The van der Waals surface area contributed by atoms with Gasteiger partial charge in [-0.2, -0.15) is 0 Å². The number of hydrogen-bond donors (Lipinski definition) is 0. The summed E-state index contributed by atoms with van der Waals surface area (Å²) in [4.78, 5) is 58.1. The Balaban J connectivity index is 1.08. The summed E-state index contributed by atoms with van der Waals surface area (Å²) in [7, 11) is 0. The van der Waals surface area contributed by atoms with Crippen LogP contribution >= 0.6 is 115 Å². The summed E-state index contributed by atoms with van der Waals surface area (Å²) in [5.41, 5.74) is 6.75. The lowest BCUT2D eigenvalue weighted by Crippen LogP contribution is -2.25. The fourth-order valence-electron chi connectivity index (χ4n) is 10.5. The van der Waals surface area contributed by atoms with Crippen molar-refractivity contribution in [3.05, 3.63) is 155 Å². The summed E-state index contributed by atoms with van der Waals surface area (Å²) in [6.45, 7) is 4.49. The lowest BCUT2D eigenvalue weighted by molar-refractivity contribution is 0.0975. The normalized spacial score (nSPS) is 14.5. The van der Waals surface area contributed by atoms with Crippen molar-refractivity contribution in [3.63, 3.8) is 0 Å². The van der Waals surface area contributed by atoms with Crippen LogP contribution in [0.2, 0.25) is 40.2 Å². The molecule has 9 rings (SSSR count). The minimum atomic E-state index is -0.540. The largest absolute Gasteiger partial charge is 0.288 e. The second-order valence-electron chi connectivity index (χ2n) is 18.5. The number of allylic oxidation sites excluding steroid dienone is 2. The molecule has 2 aromatic heterocycles. The fraction of sp³-hybridized carbons (Fsp3) is 0.298. The van der Waals surface area contributed by atoms with Crippen molar-refractivity contribution in [2.75, 3.05) is 0 Å². The molecular weight excluding hydrogens is 1100 g/mol. The van der Waals surface area contributed by atoms with Gasteiger partial charge in [-0.25, -0.2) is 0 Å². The van der Waals surface area contributed by atoms with E-state index in [0.717, 1.165) is 69.2 Å². The van der Waals surface area contributed by atoms with E-state index < -0.39 is 23.1 Å². The SMILES string of the molecule is CCCCCCCCC1(CCCCCCCC)c2cc(-c3ccc(C=C4C(=O)c5c(Cl)c(Cl)c(Cl)c(Cl)c5C4=O)s3)ccc2-c2ccc(-c3ccc(C=C4C(=O)c5c(Cl)c(Cl)c(Cl)c(Cl)c5C4=O)s3)cc21. The topological polar surface area (TPSA) is 68.3 Å². The minimum Gasteiger partial charge on any atom is -0.288 e. The van der Waals surface area contributed by atoms with Gasteiger partial charge in [0.1, 0.15) is 0 Å². The van der Waals surface area contributed by atoms with Gasteiger partial charge < -0.3 is 0 Å². The standard InChI is InChI=1S/C57H46Cl8O4S2/c1-3-5-7-9-11-13-23-57(24-14-12-10-8-6-4-2)37-25-29(39-21-17-31(70-39)27-35-53(66)41-42(54(35)67)46(59)50(63)49(62)45(41)58)15-19-33(37)34-20-16-30(26-38(34)57)40-22-18-32(71-40)28-36-55(68)43-44(56(36)69)48(61)52(65)51(64)47(43)60/h15-22,25-28H,3-14,23-24H2,1-2H3. The predicted octanol–water partition coefficient (Wildman–Crippen LogP) is 21.1. The third-order valence-electron chi connectivity index (χ3n) is 14.1. The molecule has 4 nitrogen and oxygen atoms in total. The van der Waals surface area contributed by atoms with Gasteiger partial charge in [0.2, 0.25) is 0 Å². The average molecular weight is 1140 g/mol. The van der Waals surface area contributed by atoms with Crippen molar-refractivity contribution in [2.24, 2.45) is 0 Å². The number of ketones is 4. The number of benzene rings is 4. The van der Waals surface area contributed by atoms with Crippen LogP contribution in [0.3, 0.4) is 0 Å². The van der Waals surface area contributed by atoms with Crippen LogP contribution in [0, 0.1) is 0 Å². The Bertz CT molecular complexity index is 2950. The third-order valence-corrected chi connectivity index (χ3v) is 19.9. The number of carbonyl (C=O) groups excluding carboxylic acids is 4. The molecule has 4 aromatic carbocycles. The minimum absolute atomic E-state index is 0.0264. The number of thiophene rings is 2. The second kappa shape index (κ2) is 21.9. The van der Waals surface area contributed by atoms with Gasteiger partial charge in [0.25, 0.3) is 0 Å². The van der Waals surface area contributed by atoms with E-state index >= 15 is 0 Å². The molecular formula is C57H46Cl8O4S2. The molecule has 0 bridgehead atoms. The lowest BCUT2D eigenvalue weighted by atomic mass is 9.70. The highest BCUT2D eigenvalue weighted by atomic mass is 35.5. The summed E-state index contributed by atoms with van der Waals surface area (Å²) in [5, 5.41) is -0.608. The number of hydrogen-bond acceptors (Lipinski definition) is 6. The molecule has 71 heavy (non-hydrogen) atoms. The zero-order valence-electron chi connectivity index (χ0n) is 38.8. The Morgan fingerprint density at radius 2 is 0.732 bits per heavy atom. The molecule has 2 heterocycles. The Kier molecular flexibility index (Phi) is 16.2. The molecule has 3 aliphatic rings. The first kappa shape index (κ1) is 52.6. The molecule has 0 saturated heterocycles. The maximum atomic E-state index is 13.7. The van der Waals surface area contributed by atoms with Gasteiger partial charge in [-0.3, -0.25) is 19.2 Å². The van der Waals surface area contributed by atoms with Crippen molar-refractivity contribution in [2.45, 2.75) is 109 Å². The smallest absolute Gasteiger partial charge is 0.199 e. The van der Waals surface area contributed by atoms with E-state index in [1.165, 1.54) is 96.3 Å². The fourth-order valence-corrected chi connectivity index (χ4v) is 14.4. The molecule has 0 atom stereocenters. The van der Waals surface area contributed by atoms with Crippen LogP contribution in [0.1, 0.15) is 166 Å². The number of fused-ring (bicyclic) bond motifs is 5. The van der Waals surface area contributed by atoms with Gasteiger partial charge in [-0.1, -0.05) is 208 Å². The maximum absolute atomic E-state index is 13.7. The number of halogens is 8. The quantitative estimate of drug-likeness (QED) is 0.0283. The van der Waals surface area contributed by atoms with E-state index in [2.05, 4.69) is 50.2 Å². The van der Waals surface area contributed by atoms with Gasteiger partial charge in [0.05, 0.1) is 73.6 Å². The highest BCUT2D eigenvalue weighted by Crippen LogP contribution is 2.57. The first-order valence-electron chi connectivity index (χ1n) is 24.0. The Morgan fingerprint density at radius 1 is 0.408 bits per heavy atom. The van der Waals surface area contributed by atoms with E-state index in [4.69, 9.17) is 92.8 Å². The molecule has 366 valence electrons. The lowest BCUT2D eigenvalue weighted by Gasteiger charge is -2.33. The van der Waals surface area contributed by atoms with Crippen molar-refractivity contribution in [1.29, 1.82) is 0 Å². The highest BCUT2D eigenvalue weighted by molar-refractivity contribution is 7.16. The molecule has 0 aliphatic heterocycles. The Hall–Kier alpha value is -3.24. The molecule has 0 spiro atoms. The zero-order chi connectivity index (χ0) is 50.5. The van der Waals surface area contributed by atoms with Crippen LogP contribution in [0.25, 0.3) is 44.2 Å². The van der Waals surface area contributed by atoms with Crippen LogP contribution in [-0.2, 0) is 5.41 Å². The van der Waals surface area contributed by atoms with Crippen LogP contribution in [0.15, 0.2) is 71.8 Å². The predicted molar refractivity (Wildman–Crippen MR) is 302 cm³/mol. The van der Waals surface area contributed by atoms with Crippen LogP contribution in [0.4, 0.5) is 0 Å². The molecule has 0 unspecified atom stereocenters. The van der Waals surface area contributed by atoms with Crippen LogP contribution in [-0.4, -0.2) is 23.1 Å². The highest BCUT2D eigenvalue weighted by Gasteiger charge is 2.44. The number of carbonyl (C=O) groups is 4. The first-order chi connectivity index (χ1) is 34.1. The maximum Gasteiger partial charge on any atom is 0.199 e. The molecule has 0 fully saturated rings. The molecule has 6 aromatic rings. The van der Waals surface area contributed by atoms with Gasteiger partial charge in [-0.05, 0) is 94.8 Å². The van der Waals surface area contributed by atoms with Crippen molar-refractivity contribution in [1.82, 2.24) is 0 Å². The first-order valence-corrected chi connectivity index (χ1v) is 28.6. The van der Waals surface area contributed by atoms with Gasteiger partial charge >= 0.3 is 0 Å². The number of Topliss-reactive ketones (excluding diaryl/α,β-unsaturated/α-hetero) is 4. The molecule has 0 saturated carbocycles. The number of unbranched alkanes of at least 4 members (excludes halogenated alkanes) is 10. The van der Waals surface area contributed by atoms with E-state index in [1.807, 2.05) is 24.3 Å². The zero-order valence-corrected chi connectivity index (χ0v) is 46.5. The summed E-state index contributed by atoms with van der Waals surface area (Å²) in [6, 6.07) is 21.5. The van der Waals surface area contributed by atoms with Crippen LogP contribution in [0.5, 0.6) is 0 Å². The monoisotopic (exact) mass is 1140 g/mol.